The van der Waals surface area contributed by atoms with E-state index in [1.54, 1.807) is 6.92 Å². The molecule has 0 saturated heterocycles. The summed E-state index contributed by atoms with van der Waals surface area (Å²) in [6, 6.07) is 26.3. The van der Waals surface area contributed by atoms with Gasteiger partial charge in [0.05, 0.1) is 0 Å². The summed E-state index contributed by atoms with van der Waals surface area (Å²) in [6.07, 6.45) is 4.65. The standard InChI is InChI=1S/C24H22O2/c1-19(25)16-23-8-5-9-24(17-23)26-18-22-14-12-21(13-15-22)11-10-20-6-3-2-4-7-20/h2-15,17H,16,18H2,1H3/b11-10+. The quantitative estimate of drug-likeness (QED) is 0.525. The third-order valence-electron chi connectivity index (χ3n) is 4.00. The number of ketones is 1. The maximum atomic E-state index is 11.2. The lowest BCUT2D eigenvalue weighted by molar-refractivity contribution is -0.116. The average molecular weight is 342 g/mol. The van der Waals surface area contributed by atoms with E-state index >= 15 is 0 Å². The lowest BCUT2D eigenvalue weighted by Gasteiger charge is -2.08. The van der Waals surface area contributed by atoms with Crippen molar-refractivity contribution >= 4 is 17.9 Å². The first-order valence-corrected chi connectivity index (χ1v) is 8.72. The molecule has 0 aliphatic rings. The molecule has 0 bridgehead atoms. The Morgan fingerprint density at radius 1 is 0.808 bits per heavy atom. The Labute approximate surface area is 154 Å². The zero-order valence-corrected chi connectivity index (χ0v) is 14.9. The number of carbonyl (C=O) groups excluding carboxylic acids is 1. The molecule has 0 saturated carbocycles. The van der Waals surface area contributed by atoms with Crippen LogP contribution in [-0.4, -0.2) is 5.78 Å². The van der Waals surface area contributed by atoms with Crippen LogP contribution in [0.15, 0.2) is 78.9 Å². The highest BCUT2D eigenvalue weighted by molar-refractivity contribution is 5.78. The van der Waals surface area contributed by atoms with Gasteiger partial charge in [-0.3, -0.25) is 4.79 Å². The zero-order valence-electron chi connectivity index (χ0n) is 14.9. The van der Waals surface area contributed by atoms with Gasteiger partial charge in [0.25, 0.3) is 0 Å². The summed E-state index contributed by atoms with van der Waals surface area (Å²) >= 11 is 0. The molecule has 130 valence electrons. The Kier molecular flexibility index (Phi) is 6.00. The fraction of sp³-hybridized carbons (Fsp3) is 0.125. The molecule has 3 aromatic rings. The molecule has 0 N–H and O–H groups in total. The van der Waals surface area contributed by atoms with E-state index in [0.29, 0.717) is 13.0 Å². The van der Waals surface area contributed by atoms with Crippen molar-refractivity contribution < 1.29 is 9.53 Å². The first-order chi connectivity index (χ1) is 12.7. The van der Waals surface area contributed by atoms with Crippen LogP contribution in [0.3, 0.4) is 0 Å². The van der Waals surface area contributed by atoms with Crippen LogP contribution in [0.5, 0.6) is 5.75 Å². The molecule has 26 heavy (non-hydrogen) atoms. The smallest absolute Gasteiger partial charge is 0.134 e. The molecule has 0 spiro atoms. The lowest BCUT2D eigenvalue weighted by atomic mass is 10.1. The molecule has 0 aromatic heterocycles. The van der Waals surface area contributed by atoms with Crippen LogP contribution in [0.4, 0.5) is 0 Å². The molecule has 2 nitrogen and oxygen atoms in total. The molecule has 2 heteroatoms. The Hall–Kier alpha value is -3.13. The predicted octanol–water partition coefficient (Wildman–Crippen LogP) is 5.57. The highest BCUT2D eigenvalue weighted by atomic mass is 16.5. The van der Waals surface area contributed by atoms with Gasteiger partial charge in [-0.25, -0.2) is 0 Å². The molecule has 0 radical (unpaired) electrons. The van der Waals surface area contributed by atoms with E-state index in [1.807, 2.05) is 42.5 Å². The van der Waals surface area contributed by atoms with E-state index in [1.165, 1.54) is 5.56 Å². The van der Waals surface area contributed by atoms with Crippen LogP contribution < -0.4 is 4.74 Å². The number of carbonyl (C=O) groups is 1. The number of rotatable bonds is 7. The van der Waals surface area contributed by atoms with Crippen molar-refractivity contribution in [3.05, 3.63) is 101 Å². The van der Waals surface area contributed by atoms with Gasteiger partial charge in [-0.2, -0.15) is 0 Å². The van der Waals surface area contributed by atoms with Crippen molar-refractivity contribution in [3.8, 4) is 5.75 Å². The van der Waals surface area contributed by atoms with Crippen LogP contribution >= 0.6 is 0 Å². The highest BCUT2D eigenvalue weighted by Crippen LogP contribution is 2.17. The molecule has 0 aliphatic carbocycles. The number of benzene rings is 3. The zero-order chi connectivity index (χ0) is 18.2. The number of hydrogen-bond acceptors (Lipinski definition) is 2. The third kappa shape index (κ3) is 5.45. The monoisotopic (exact) mass is 342 g/mol. The molecule has 0 heterocycles. The van der Waals surface area contributed by atoms with E-state index < -0.39 is 0 Å². The first-order valence-electron chi connectivity index (χ1n) is 8.72. The van der Waals surface area contributed by atoms with Crippen molar-refractivity contribution in [2.24, 2.45) is 0 Å². The topological polar surface area (TPSA) is 26.3 Å². The minimum absolute atomic E-state index is 0.154. The van der Waals surface area contributed by atoms with Crippen molar-refractivity contribution in [1.82, 2.24) is 0 Å². The van der Waals surface area contributed by atoms with Crippen LogP contribution in [0.1, 0.15) is 29.2 Å². The van der Waals surface area contributed by atoms with Crippen molar-refractivity contribution in [1.29, 1.82) is 0 Å². The third-order valence-corrected chi connectivity index (χ3v) is 4.00. The van der Waals surface area contributed by atoms with E-state index in [4.69, 9.17) is 4.74 Å². The summed E-state index contributed by atoms with van der Waals surface area (Å²) in [6.45, 7) is 2.10. The van der Waals surface area contributed by atoms with Gasteiger partial charge in [-0.1, -0.05) is 78.9 Å². The molecule has 0 amide bonds. The SMILES string of the molecule is CC(=O)Cc1cccc(OCc2ccc(/C=C/c3ccccc3)cc2)c1. The van der Waals surface area contributed by atoms with Crippen molar-refractivity contribution in [2.75, 3.05) is 0 Å². The highest BCUT2D eigenvalue weighted by Gasteiger charge is 2.01. The van der Waals surface area contributed by atoms with Gasteiger partial charge in [-0.15, -0.1) is 0 Å². The minimum Gasteiger partial charge on any atom is -0.489 e. The summed E-state index contributed by atoms with van der Waals surface area (Å²) in [5, 5.41) is 0. The molecular weight excluding hydrogens is 320 g/mol. The number of Topliss-reactive ketones (excluding diaryl/α,β-unsaturated/α-hetero) is 1. The van der Waals surface area contributed by atoms with Crippen LogP contribution in [0.25, 0.3) is 12.2 Å². The molecule has 3 aromatic carbocycles. The Balaban J connectivity index is 1.58. The van der Waals surface area contributed by atoms with Gasteiger partial charge >= 0.3 is 0 Å². The lowest BCUT2D eigenvalue weighted by Crippen LogP contribution is -1.98. The number of hydrogen-bond donors (Lipinski definition) is 0. The van der Waals surface area contributed by atoms with Gasteiger partial charge in [0.15, 0.2) is 0 Å². The Bertz CT molecular complexity index is 878. The maximum Gasteiger partial charge on any atom is 0.134 e. The van der Waals surface area contributed by atoms with E-state index in [2.05, 4.69) is 48.6 Å². The van der Waals surface area contributed by atoms with Crippen LogP contribution in [-0.2, 0) is 17.8 Å². The maximum absolute atomic E-state index is 11.2. The normalized spacial score (nSPS) is 10.8. The van der Waals surface area contributed by atoms with Crippen LogP contribution in [0.2, 0.25) is 0 Å². The minimum atomic E-state index is 0.154. The van der Waals surface area contributed by atoms with Gasteiger partial charge in [-0.05, 0) is 41.3 Å². The summed E-state index contributed by atoms with van der Waals surface area (Å²) in [5.74, 6) is 0.943. The van der Waals surface area contributed by atoms with Gasteiger partial charge in [0, 0.05) is 6.42 Å². The largest absolute Gasteiger partial charge is 0.489 e. The summed E-state index contributed by atoms with van der Waals surface area (Å²) in [5.41, 5.74) is 4.43. The average Bonchev–Trinajstić information content (AvgIpc) is 2.66. The number of ether oxygens (including phenoxy) is 1. The second-order valence-electron chi connectivity index (χ2n) is 6.30. The summed E-state index contributed by atoms with van der Waals surface area (Å²) < 4.78 is 5.85. The van der Waals surface area contributed by atoms with Crippen molar-refractivity contribution in [3.63, 3.8) is 0 Å². The van der Waals surface area contributed by atoms with E-state index in [0.717, 1.165) is 22.4 Å². The van der Waals surface area contributed by atoms with Gasteiger partial charge in [0.2, 0.25) is 0 Å². The molecule has 0 unspecified atom stereocenters. The molecule has 0 atom stereocenters. The molecular formula is C24H22O2. The second-order valence-corrected chi connectivity index (χ2v) is 6.30. The molecule has 0 aliphatic heterocycles. The van der Waals surface area contributed by atoms with E-state index in [-0.39, 0.29) is 5.78 Å². The molecule has 3 rings (SSSR count). The predicted molar refractivity (Wildman–Crippen MR) is 107 cm³/mol. The Morgan fingerprint density at radius 2 is 1.50 bits per heavy atom. The van der Waals surface area contributed by atoms with E-state index in [9.17, 15) is 4.79 Å². The Morgan fingerprint density at radius 3 is 2.19 bits per heavy atom. The van der Waals surface area contributed by atoms with Crippen LogP contribution in [0, 0.1) is 0 Å². The van der Waals surface area contributed by atoms with Gasteiger partial charge < -0.3 is 4.74 Å². The fourth-order valence-corrected chi connectivity index (χ4v) is 2.68. The second kappa shape index (κ2) is 8.82. The summed E-state index contributed by atoms with van der Waals surface area (Å²) in [7, 11) is 0. The molecule has 0 fully saturated rings. The summed E-state index contributed by atoms with van der Waals surface area (Å²) in [4.78, 5) is 11.2. The first kappa shape index (κ1) is 17.7. The van der Waals surface area contributed by atoms with Gasteiger partial charge in [0.1, 0.15) is 18.1 Å². The fourth-order valence-electron chi connectivity index (χ4n) is 2.68. The van der Waals surface area contributed by atoms with Crippen molar-refractivity contribution in [2.45, 2.75) is 20.0 Å².